The molecule has 0 atom stereocenters. The maximum Gasteiger partial charge on any atom is 0.416 e. The van der Waals surface area contributed by atoms with Crippen molar-refractivity contribution in [2.24, 2.45) is 0 Å². The minimum atomic E-state index is -4.70. The van der Waals surface area contributed by atoms with Crippen molar-refractivity contribution in [3.63, 3.8) is 0 Å². The molecule has 0 aliphatic heterocycles. The van der Waals surface area contributed by atoms with Crippen LogP contribution in [0.4, 0.5) is 27.8 Å². The number of rotatable bonds is 4. The number of hydrogen-bond donors (Lipinski definition) is 1. The Kier molecular flexibility index (Phi) is 5.43. The van der Waals surface area contributed by atoms with Crippen LogP contribution in [0.3, 0.4) is 0 Å². The number of hydrogen-bond acceptors (Lipinski definition) is 4. The predicted molar refractivity (Wildman–Crippen MR) is 111 cm³/mol. The summed E-state index contributed by atoms with van der Waals surface area (Å²) in [5.41, 5.74) is 5.36. The van der Waals surface area contributed by atoms with Crippen LogP contribution in [0.25, 0.3) is 16.6 Å². The zero-order valence-electron chi connectivity index (χ0n) is 17.5. The summed E-state index contributed by atoms with van der Waals surface area (Å²) < 4.78 is 69.3. The second-order valence-corrected chi connectivity index (χ2v) is 7.80. The van der Waals surface area contributed by atoms with Crippen molar-refractivity contribution in [1.82, 2.24) is 19.3 Å². The lowest BCUT2D eigenvalue weighted by Crippen LogP contribution is -2.37. The number of nitrogen functional groups attached to an aromatic ring is 1. The molecule has 2 heterocycles. The smallest absolute Gasteiger partial charge is 0.382 e. The van der Waals surface area contributed by atoms with Gasteiger partial charge in [-0.15, -0.1) is 0 Å². The van der Waals surface area contributed by atoms with Gasteiger partial charge in [-0.25, -0.2) is 18.7 Å². The molecule has 0 aliphatic rings. The van der Waals surface area contributed by atoms with Gasteiger partial charge in [-0.3, -0.25) is 9.20 Å². The van der Waals surface area contributed by atoms with Crippen LogP contribution in [-0.2, 0) is 12.7 Å². The number of fused-ring (bicyclic) bond motifs is 3. The SMILES string of the molecule is CC(C)N(Cc1ccc(C(F)(F)F)cc1F)C(=O)c1cc2c(cc1F)nc(N)c1cncn12. The van der Waals surface area contributed by atoms with Crippen molar-refractivity contribution in [2.75, 3.05) is 5.73 Å². The topological polar surface area (TPSA) is 76.5 Å². The van der Waals surface area contributed by atoms with Gasteiger partial charge in [0.15, 0.2) is 0 Å². The Balaban J connectivity index is 1.74. The first kappa shape index (κ1) is 22.4. The van der Waals surface area contributed by atoms with Gasteiger partial charge >= 0.3 is 6.18 Å². The summed E-state index contributed by atoms with van der Waals surface area (Å²) in [6, 6.07) is 3.94. The molecule has 0 aliphatic carbocycles. The molecule has 2 aromatic heterocycles. The average molecular weight is 463 g/mol. The van der Waals surface area contributed by atoms with E-state index in [1.165, 1.54) is 23.5 Å². The lowest BCUT2D eigenvalue weighted by Gasteiger charge is -2.27. The van der Waals surface area contributed by atoms with Crippen LogP contribution in [0.1, 0.15) is 35.3 Å². The minimum Gasteiger partial charge on any atom is -0.382 e. The van der Waals surface area contributed by atoms with Gasteiger partial charge in [-0.2, -0.15) is 13.2 Å². The molecule has 0 bridgehead atoms. The molecule has 4 rings (SSSR count). The van der Waals surface area contributed by atoms with Crippen LogP contribution < -0.4 is 5.73 Å². The number of aromatic nitrogens is 3. The van der Waals surface area contributed by atoms with Crippen LogP contribution in [0.15, 0.2) is 42.9 Å². The van der Waals surface area contributed by atoms with Gasteiger partial charge < -0.3 is 10.6 Å². The van der Waals surface area contributed by atoms with E-state index in [9.17, 15) is 26.7 Å². The van der Waals surface area contributed by atoms with Gasteiger partial charge in [0.05, 0.1) is 34.7 Å². The standard InChI is InChI=1S/C22H18F5N5O/c1-11(2)31(9-12-3-4-13(5-15(12)23)22(25,26)27)21(33)14-6-18-17(7-16(14)24)30-20(28)19-8-29-10-32(18)19/h3-8,10-11H,9H2,1-2H3,(H2,28,30). The quantitative estimate of drug-likeness (QED) is 0.441. The summed E-state index contributed by atoms with van der Waals surface area (Å²) in [7, 11) is 0. The Morgan fingerprint density at radius 2 is 1.85 bits per heavy atom. The first-order valence-electron chi connectivity index (χ1n) is 9.84. The van der Waals surface area contributed by atoms with Crippen LogP contribution >= 0.6 is 0 Å². The molecule has 172 valence electrons. The van der Waals surface area contributed by atoms with Gasteiger partial charge in [0.1, 0.15) is 23.0 Å². The fourth-order valence-electron chi connectivity index (χ4n) is 3.54. The number of nitrogens with two attached hydrogens (primary N) is 1. The zero-order chi connectivity index (χ0) is 24.1. The Labute approximate surface area is 184 Å². The van der Waals surface area contributed by atoms with E-state index in [2.05, 4.69) is 9.97 Å². The first-order chi connectivity index (χ1) is 15.5. The number of halogens is 5. The fraction of sp³-hybridized carbons (Fsp3) is 0.227. The number of carbonyl (C=O) groups is 1. The molecule has 0 fully saturated rings. The fourth-order valence-corrected chi connectivity index (χ4v) is 3.54. The average Bonchev–Trinajstić information content (AvgIpc) is 3.22. The summed E-state index contributed by atoms with van der Waals surface area (Å²) in [6.45, 7) is 2.92. The highest BCUT2D eigenvalue weighted by Crippen LogP contribution is 2.31. The van der Waals surface area contributed by atoms with Gasteiger partial charge in [0.2, 0.25) is 0 Å². The van der Waals surface area contributed by atoms with E-state index in [1.807, 2.05) is 0 Å². The van der Waals surface area contributed by atoms with Crippen LogP contribution in [-0.4, -0.2) is 31.2 Å². The molecule has 2 N–H and O–H groups in total. The zero-order valence-corrected chi connectivity index (χ0v) is 17.5. The Morgan fingerprint density at radius 3 is 2.48 bits per heavy atom. The van der Waals surface area contributed by atoms with E-state index in [4.69, 9.17) is 5.73 Å². The van der Waals surface area contributed by atoms with Crippen LogP contribution in [0.5, 0.6) is 0 Å². The molecule has 0 saturated carbocycles. The molecular formula is C22H18F5N5O. The molecule has 2 aromatic carbocycles. The summed E-state index contributed by atoms with van der Waals surface area (Å²) >= 11 is 0. The van der Waals surface area contributed by atoms with Crippen LogP contribution in [0.2, 0.25) is 0 Å². The third kappa shape index (κ3) is 4.06. The molecule has 33 heavy (non-hydrogen) atoms. The molecule has 0 saturated heterocycles. The number of amides is 1. The highest BCUT2D eigenvalue weighted by molar-refractivity contribution is 5.98. The van der Waals surface area contributed by atoms with Crippen molar-refractivity contribution in [2.45, 2.75) is 32.6 Å². The van der Waals surface area contributed by atoms with Crippen LogP contribution in [0, 0.1) is 11.6 Å². The van der Waals surface area contributed by atoms with E-state index in [1.54, 1.807) is 18.2 Å². The van der Waals surface area contributed by atoms with Crippen molar-refractivity contribution < 1.29 is 26.7 Å². The number of imidazole rings is 1. The number of carbonyl (C=O) groups excluding carboxylic acids is 1. The number of alkyl halides is 3. The Hall–Kier alpha value is -3.76. The molecule has 11 heteroatoms. The second kappa shape index (κ2) is 7.98. The Bertz CT molecular complexity index is 1380. The van der Waals surface area contributed by atoms with Gasteiger partial charge in [0, 0.05) is 24.2 Å². The third-order valence-corrected chi connectivity index (χ3v) is 5.30. The summed E-state index contributed by atoms with van der Waals surface area (Å²) in [4.78, 5) is 22.5. The lowest BCUT2D eigenvalue weighted by molar-refractivity contribution is -0.137. The van der Waals surface area contributed by atoms with Gasteiger partial charge in [0.25, 0.3) is 5.91 Å². The first-order valence-corrected chi connectivity index (χ1v) is 9.84. The lowest BCUT2D eigenvalue weighted by atomic mass is 10.1. The van der Waals surface area contributed by atoms with E-state index >= 15 is 0 Å². The molecule has 0 spiro atoms. The van der Waals surface area contributed by atoms with Crippen molar-refractivity contribution in [3.05, 3.63) is 71.2 Å². The summed E-state index contributed by atoms with van der Waals surface area (Å²) in [6.07, 6.45) is -1.78. The van der Waals surface area contributed by atoms with E-state index < -0.39 is 35.3 Å². The molecule has 1 amide bonds. The Morgan fingerprint density at radius 1 is 1.12 bits per heavy atom. The summed E-state index contributed by atoms with van der Waals surface area (Å²) in [5.74, 6) is -2.59. The normalized spacial score (nSPS) is 12.1. The summed E-state index contributed by atoms with van der Waals surface area (Å²) in [5, 5.41) is 0. The van der Waals surface area contributed by atoms with Crippen molar-refractivity contribution >= 4 is 28.3 Å². The maximum absolute atomic E-state index is 14.9. The van der Waals surface area contributed by atoms with E-state index in [0.29, 0.717) is 17.1 Å². The predicted octanol–water partition coefficient (Wildman–Crippen LogP) is 4.81. The largest absolute Gasteiger partial charge is 0.416 e. The van der Waals surface area contributed by atoms with Crippen molar-refractivity contribution in [1.29, 1.82) is 0 Å². The molecular weight excluding hydrogens is 445 g/mol. The van der Waals surface area contributed by atoms with Gasteiger partial charge in [-0.05, 0) is 32.0 Å². The highest BCUT2D eigenvalue weighted by atomic mass is 19.4. The molecule has 0 radical (unpaired) electrons. The number of anilines is 1. The number of nitrogens with zero attached hydrogens (tertiary/aromatic N) is 4. The van der Waals surface area contributed by atoms with E-state index in [-0.39, 0.29) is 29.0 Å². The molecule has 0 unspecified atom stereocenters. The second-order valence-electron chi connectivity index (χ2n) is 7.80. The molecule has 4 aromatic rings. The highest BCUT2D eigenvalue weighted by Gasteiger charge is 2.32. The molecule has 6 nitrogen and oxygen atoms in total. The maximum atomic E-state index is 14.9. The number of benzene rings is 2. The van der Waals surface area contributed by atoms with Gasteiger partial charge in [-0.1, -0.05) is 6.07 Å². The van der Waals surface area contributed by atoms with Crippen molar-refractivity contribution in [3.8, 4) is 0 Å². The third-order valence-electron chi connectivity index (χ3n) is 5.30. The monoisotopic (exact) mass is 463 g/mol. The van der Waals surface area contributed by atoms with E-state index in [0.717, 1.165) is 18.2 Å². The minimum absolute atomic E-state index is 0.127.